The minimum absolute atomic E-state index is 0.00253. The summed E-state index contributed by atoms with van der Waals surface area (Å²) in [7, 11) is 4.48. The molecular weight excluding hydrogens is 456 g/mol. The van der Waals surface area contributed by atoms with Crippen LogP contribution in [0, 0.1) is 34.0 Å². The first kappa shape index (κ1) is 26.7. The summed E-state index contributed by atoms with van der Waals surface area (Å²) in [6, 6.07) is 9.95. The van der Waals surface area contributed by atoms with Gasteiger partial charge in [-0.15, -0.1) is 0 Å². The molecule has 0 heterocycles. The summed E-state index contributed by atoms with van der Waals surface area (Å²) >= 11 is 0. The lowest BCUT2D eigenvalue weighted by Gasteiger charge is -2.53. The Morgan fingerprint density at radius 2 is 1.70 bits per heavy atom. The quantitative estimate of drug-likeness (QED) is 0.511. The van der Waals surface area contributed by atoms with Crippen molar-refractivity contribution in [3.05, 3.63) is 59.2 Å². The highest BCUT2D eigenvalue weighted by Gasteiger charge is 2.64. The number of carbonyl (C=O) groups is 1. The van der Waals surface area contributed by atoms with Crippen molar-refractivity contribution in [2.24, 2.45) is 34.0 Å². The predicted octanol–water partition coefficient (Wildman–Crippen LogP) is 6.23. The van der Waals surface area contributed by atoms with E-state index in [1.807, 2.05) is 30.3 Å². The highest BCUT2D eigenvalue weighted by molar-refractivity contribution is 5.94. The molecule has 2 saturated carbocycles. The normalized spacial score (nSPS) is 39.4. The fraction of sp³-hybridized carbons (Fsp3) is 0.667. The summed E-state index contributed by atoms with van der Waals surface area (Å²) in [5.74, 6) is 1.04. The van der Waals surface area contributed by atoms with Crippen LogP contribution < -0.4 is 5.32 Å². The number of hydrogen-bond acceptors (Lipinski definition) is 3. The van der Waals surface area contributed by atoms with Crippen molar-refractivity contribution < 1.29 is 9.90 Å². The lowest BCUT2D eigenvalue weighted by molar-refractivity contribution is -0.00773. The number of benzene rings is 1. The Kier molecular flexibility index (Phi) is 6.76. The third-order valence-electron chi connectivity index (χ3n) is 11.6. The molecule has 0 radical (unpaired) electrons. The van der Waals surface area contributed by atoms with E-state index in [1.165, 1.54) is 31.3 Å². The summed E-state index contributed by atoms with van der Waals surface area (Å²) < 4.78 is 0. The topological polar surface area (TPSA) is 52.6 Å². The van der Waals surface area contributed by atoms with Crippen LogP contribution in [0.2, 0.25) is 0 Å². The number of nitrogens with one attached hydrogen (secondary N) is 1. The molecule has 202 valence electrons. The molecule has 4 aliphatic carbocycles. The van der Waals surface area contributed by atoms with Gasteiger partial charge >= 0.3 is 0 Å². The van der Waals surface area contributed by atoms with Gasteiger partial charge < -0.3 is 15.3 Å². The Morgan fingerprint density at radius 3 is 2.38 bits per heavy atom. The van der Waals surface area contributed by atoms with Crippen LogP contribution in [0.1, 0.15) is 83.5 Å². The molecule has 4 nitrogen and oxygen atoms in total. The molecule has 1 aromatic carbocycles. The third-order valence-corrected chi connectivity index (χ3v) is 11.6. The maximum Gasteiger partial charge on any atom is 0.251 e. The monoisotopic (exact) mass is 504 g/mol. The molecular formula is C33H48N2O2. The van der Waals surface area contributed by atoms with Gasteiger partial charge in [0.25, 0.3) is 5.91 Å². The minimum atomic E-state index is -0.415. The Balaban J connectivity index is 1.42. The zero-order valence-electron chi connectivity index (χ0n) is 24.1. The van der Waals surface area contributed by atoms with Gasteiger partial charge in [0.1, 0.15) is 0 Å². The molecule has 1 amide bonds. The van der Waals surface area contributed by atoms with E-state index in [2.05, 4.69) is 71.1 Å². The van der Waals surface area contributed by atoms with Crippen molar-refractivity contribution in [1.82, 2.24) is 10.2 Å². The van der Waals surface area contributed by atoms with Crippen molar-refractivity contribution >= 4 is 5.91 Å². The number of amides is 1. The molecule has 37 heavy (non-hydrogen) atoms. The summed E-state index contributed by atoms with van der Waals surface area (Å²) in [6.45, 7) is 11.9. The molecule has 2 fully saturated rings. The number of allylic oxidation sites excluding steroid dienone is 4. The van der Waals surface area contributed by atoms with Crippen LogP contribution in [0.15, 0.2) is 53.6 Å². The summed E-state index contributed by atoms with van der Waals surface area (Å²) in [5.41, 5.74) is 4.03. The average molecular weight is 505 g/mol. The maximum atomic E-state index is 13.0. The van der Waals surface area contributed by atoms with Crippen LogP contribution >= 0.6 is 0 Å². The Labute approximate surface area is 224 Å². The second-order valence-electron chi connectivity index (χ2n) is 13.9. The molecule has 0 bridgehead atoms. The number of aliphatic hydroxyl groups excluding tert-OH is 1. The second kappa shape index (κ2) is 9.38. The van der Waals surface area contributed by atoms with E-state index in [4.69, 9.17) is 0 Å². The van der Waals surface area contributed by atoms with Gasteiger partial charge in [0.05, 0.1) is 6.10 Å². The number of carbonyl (C=O) groups excluding carboxylic acids is 1. The van der Waals surface area contributed by atoms with Crippen molar-refractivity contribution in [2.75, 3.05) is 14.1 Å². The Morgan fingerprint density at radius 1 is 1.03 bits per heavy atom. The number of aliphatic hydroxyl groups is 1. The van der Waals surface area contributed by atoms with E-state index in [0.717, 1.165) is 12.8 Å². The fourth-order valence-corrected chi connectivity index (χ4v) is 9.61. The van der Waals surface area contributed by atoms with Crippen molar-refractivity contribution in [2.45, 2.75) is 91.3 Å². The molecule has 4 heteroatoms. The molecule has 2 N–H and O–H groups in total. The van der Waals surface area contributed by atoms with E-state index < -0.39 is 6.10 Å². The average Bonchev–Trinajstić information content (AvgIpc) is 2.94. The lowest BCUT2D eigenvalue weighted by Crippen LogP contribution is -2.51. The number of hydrogen-bond donors (Lipinski definition) is 2. The molecule has 5 rings (SSSR count). The molecule has 1 aromatic rings. The minimum Gasteiger partial charge on any atom is -0.393 e. The molecule has 0 unspecified atom stereocenters. The van der Waals surface area contributed by atoms with E-state index in [-0.39, 0.29) is 34.1 Å². The van der Waals surface area contributed by atoms with E-state index in [0.29, 0.717) is 23.4 Å². The highest BCUT2D eigenvalue weighted by Crippen LogP contribution is 2.68. The summed E-state index contributed by atoms with van der Waals surface area (Å²) in [6.07, 6.45) is 11.3. The summed E-state index contributed by atoms with van der Waals surface area (Å²) in [5, 5.41) is 14.8. The zero-order chi connectivity index (χ0) is 26.8. The zero-order valence-corrected chi connectivity index (χ0v) is 24.1. The van der Waals surface area contributed by atoms with Crippen molar-refractivity contribution in [3.8, 4) is 0 Å². The standard InChI is InChI=1S/C33H48N2O2/c1-21(34-30(37)22-11-9-8-10-12-22)29-27(36)20-33(5)26-15-14-25-23(19-24(26)17-18-32(29,33)4)13-16-28(35(6)7)31(25,2)3/h8-12,17,19,21,25-29,36H,13-16,18,20H2,1-7H3,(H,34,37)/t21-,25-,26+,27+,28-,29-,32+,33-/m0/s1. The van der Waals surface area contributed by atoms with Gasteiger partial charge in [0.2, 0.25) is 0 Å². The van der Waals surface area contributed by atoms with Crippen molar-refractivity contribution in [1.29, 1.82) is 0 Å². The maximum absolute atomic E-state index is 13.0. The SMILES string of the molecule is C[C@H](NC(=O)c1ccccc1)[C@H]1[C@H](O)C[C@@]2(C)[C@@H]3CC[C@H]4C(=CC3=CC[C@]12C)CC[C@H](N(C)C)C4(C)C. The summed E-state index contributed by atoms with van der Waals surface area (Å²) in [4.78, 5) is 15.4. The van der Waals surface area contributed by atoms with Gasteiger partial charge in [-0.25, -0.2) is 0 Å². The third kappa shape index (κ3) is 4.14. The highest BCUT2D eigenvalue weighted by atomic mass is 16.3. The largest absolute Gasteiger partial charge is 0.393 e. The van der Waals surface area contributed by atoms with Gasteiger partial charge in [-0.05, 0) is 105 Å². The van der Waals surface area contributed by atoms with Crippen LogP contribution in [-0.2, 0) is 0 Å². The van der Waals surface area contributed by atoms with Crippen LogP contribution in [0.25, 0.3) is 0 Å². The van der Waals surface area contributed by atoms with Crippen molar-refractivity contribution in [3.63, 3.8) is 0 Å². The van der Waals surface area contributed by atoms with Gasteiger partial charge in [-0.2, -0.15) is 0 Å². The second-order valence-corrected chi connectivity index (χ2v) is 13.9. The molecule has 0 spiro atoms. The van der Waals surface area contributed by atoms with Crippen LogP contribution in [0.3, 0.4) is 0 Å². The van der Waals surface area contributed by atoms with Gasteiger partial charge in [-0.1, -0.05) is 63.6 Å². The lowest BCUT2D eigenvalue weighted by atomic mass is 9.51. The number of fused-ring (bicyclic) bond motifs is 4. The first-order valence-electron chi connectivity index (χ1n) is 14.5. The number of nitrogens with zero attached hydrogens (tertiary/aromatic N) is 1. The van der Waals surface area contributed by atoms with Gasteiger partial charge in [-0.3, -0.25) is 4.79 Å². The Bertz CT molecular complexity index is 1090. The van der Waals surface area contributed by atoms with Crippen LogP contribution in [-0.4, -0.2) is 48.2 Å². The first-order valence-corrected chi connectivity index (χ1v) is 14.5. The first-order chi connectivity index (χ1) is 17.4. The van der Waals surface area contributed by atoms with E-state index in [1.54, 1.807) is 5.57 Å². The molecule has 0 aliphatic heterocycles. The fourth-order valence-electron chi connectivity index (χ4n) is 9.61. The molecule has 0 aromatic heterocycles. The van der Waals surface area contributed by atoms with Crippen LogP contribution in [0.5, 0.6) is 0 Å². The smallest absolute Gasteiger partial charge is 0.251 e. The molecule has 8 atom stereocenters. The number of rotatable bonds is 4. The van der Waals surface area contributed by atoms with Gasteiger partial charge in [0, 0.05) is 23.6 Å². The van der Waals surface area contributed by atoms with E-state index in [9.17, 15) is 9.90 Å². The molecule has 4 aliphatic rings. The predicted molar refractivity (Wildman–Crippen MR) is 151 cm³/mol. The van der Waals surface area contributed by atoms with E-state index >= 15 is 0 Å². The molecule has 0 saturated heterocycles. The van der Waals surface area contributed by atoms with Gasteiger partial charge in [0.15, 0.2) is 0 Å². The van der Waals surface area contributed by atoms with Crippen LogP contribution in [0.4, 0.5) is 0 Å². The Hall–Kier alpha value is -1.91.